The highest BCUT2D eigenvalue weighted by molar-refractivity contribution is 5.41. The molecular formula is C6H10N4. The summed E-state index contributed by atoms with van der Waals surface area (Å²) in [6, 6.07) is 0. The third-order valence-corrected chi connectivity index (χ3v) is 1.83. The maximum absolute atomic E-state index is 3.96. The second-order valence-corrected chi connectivity index (χ2v) is 2.54. The number of hydrogen-bond donors (Lipinski definition) is 1. The molecule has 0 saturated heterocycles. The summed E-state index contributed by atoms with van der Waals surface area (Å²) in [5, 5.41) is 11.0. The van der Waals surface area contributed by atoms with Crippen molar-refractivity contribution < 1.29 is 0 Å². The van der Waals surface area contributed by atoms with Gasteiger partial charge in [0.2, 0.25) is 0 Å². The third-order valence-electron chi connectivity index (χ3n) is 1.83. The fraction of sp³-hybridized carbons (Fsp3) is 0.667. The number of aromatic nitrogens is 3. The van der Waals surface area contributed by atoms with Crippen LogP contribution in [0.3, 0.4) is 0 Å². The standard InChI is InChI=1S/C6H10N4/c1-10-5-3-2-4-7-6(5)8-9-10/h7H,2-4H2,1H3. The summed E-state index contributed by atoms with van der Waals surface area (Å²) in [7, 11) is 1.93. The lowest BCUT2D eigenvalue weighted by Gasteiger charge is -2.11. The Hall–Kier alpha value is -1.06. The number of nitrogens with zero attached hydrogens (tertiary/aromatic N) is 3. The molecule has 0 aromatic carbocycles. The second-order valence-electron chi connectivity index (χ2n) is 2.54. The summed E-state index contributed by atoms with van der Waals surface area (Å²) >= 11 is 0. The molecule has 0 amide bonds. The van der Waals surface area contributed by atoms with Gasteiger partial charge < -0.3 is 5.32 Å². The predicted octanol–water partition coefficient (Wildman–Crippen LogP) is 0.173. The van der Waals surface area contributed by atoms with Crippen LogP contribution in [0.1, 0.15) is 12.1 Å². The molecule has 0 spiro atoms. The zero-order valence-corrected chi connectivity index (χ0v) is 5.96. The van der Waals surface area contributed by atoms with Gasteiger partial charge in [0.1, 0.15) is 0 Å². The first-order valence-electron chi connectivity index (χ1n) is 3.50. The molecule has 0 bridgehead atoms. The van der Waals surface area contributed by atoms with Crippen LogP contribution in [0.15, 0.2) is 0 Å². The number of fused-ring (bicyclic) bond motifs is 1. The highest BCUT2D eigenvalue weighted by atomic mass is 15.4. The Balaban J connectivity index is 2.45. The van der Waals surface area contributed by atoms with Gasteiger partial charge >= 0.3 is 0 Å². The van der Waals surface area contributed by atoms with Gasteiger partial charge in [-0.1, -0.05) is 5.21 Å². The van der Waals surface area contributed by atoms with Gasteiger partial charge in [-0.2, -0.15) is 0 Å². The summed E-state index contributed by atoms with van der Waals surface area (Å²) in [6.45, 7) is 1.03. The number of anilines is 1. The van der Waals surface area contributed by atoms with Crippen molar-refractivity contribution in [2.24, 2.45) is 7.05 Å². The molecule has 10 heavy (non-hydrogen) atoms. The minimum atomic E-state index is 0.966. The second kappa shape index (κ2) is 1.97. The topological polar surface area (TPSA) is 42.7 Å². The van der Waals surface area contributed by atoms with Gasteiger partial charge in [-0.3, -0.25) is 4.68 Å². The van der Waals surface area contributed by atoms with Crippen LogP contribution in [0.4, 0.5) is 5.82 Å². The van der Waals surface area contributed by atoms with Gasteiger partial charge in [0.25, 0.3) is 0 Å². The van der Waals surface area contributed by atoms with E-state index in [2.05, 4.69) is 15.6 Å². The number of nitrogens with one attached hydrogen (secondary N) is 1. The van der Waals surface area contributed by atoms with E-state index in [1.54, 1.807) is 0 Å². The number of aryl methyl sites for hydroxylation is 1. The van der Waals surface area contributed by atoms with Gasteiger partial charge in [-0.05, 0) is 12.8 Å². The maximum Gasteiger partial charge on any atom is 0.171 e. The largest absolute Gasteiger partial charge is 0.367 e. The van der Waals surface area contributed by atoms with Crippen LogP contribution in [0.2, 0.25) is 0 Å². The van der Waals surface area contributed by atoms with Gasteiger partial charge in [-0.25, -0.2) is 0 Å². The Morgan fingerprint density at radius 1 is 1.60 bits per heavy atom. The van der Waals surface area contributed by atoms with Gasteiger partial charge in [-0.15, -0.1) is 5.10 Å². The Kier molecular flexibility index (Phi) is 1.12. The summed E-state index contributed by atoms with van der Waals surface area (Å²) in [4.78, 5) is 0. The highest BCUT2D eigenvalue weighted by Gasteiger charge is 2.13. The molecule has 2 heterocycles. The lowest BCUT2D eigenvalue weighted by molar-refractivity contribution is 0.663. The lowest BCUT2D eigenvalue weighted by atomic mass is 10.2. The van der Waals surface area contributed by atoms with Crippen molar-refractivity contribution in [3.8, 4) is 0 Å². The van der Waals surface area contributed by atoms with Crippen molar-refractivity contribution in [1.82, 2.24) is 15.0 Å². The zero-order chi connectivity index (χ0) is 6.97. The van der Waals surface area contributed by atoms with Crippen molar-refractivity contribution in [1.29, 1.82) is 0 Å². The molecule has 0 unspecified atom stereocenters. The maximum atomic E-state index is 3.96. The van der Waals surface area contributed by atoms with E-state index in [4.69, 9.17) is 0 Å². The van der Waals surface area contributed by atoms with Crippen LogP contribution in [-0.2, 0) is 13.5 Å². The van der Waals surface area contributed by atoms with Crippen LogP contribution < -0.4 is 5.32 Å². The van der Waals surface area contributed by atoms with Crippen LogP contribution in [0, 0.1) is 0 Å². The van der Waals surface area contributed by atoms with E-state index >= 15 is 0 Å². The minimum absolute atomic E-state index is 0.966. The SMILES string of the molecule is Cn1nnc2c1CCCN2. The van der Waals surface area contributed by atoms with E-state index in [1.165, 1.54) is 12.1 Å². The molecule has 0 aliphatic carbocycles. The molecular weight excluding hydrogens is 128 g/mol. The first-order chi connectivity index (χ1) is 4.88. The average Bonchev–Trinajstić information content (AvgIpc) is 2.34. The normalized spacial score (nSPS) is 16.1. The molecule has 0 saturated carbocycles. The highest BCUT2D eigenvalue weighted by Crippen LogP contribution is 2.16. The van der Waals surface area contributed by atoms with E-state index in [1.807, 2.05) is 11.7 Å². The van der Waals surface area contributed by atoms with Crippen molar-refractivity contribution in [3.05, 3.63) is 5.69 Å². The zero-order valence-electron chi connectivity index (χ0n) is 5.96. The summed E-state index contributed by atoms with van der Waals surface area (Å²) in [6.07, 6.45) is 2.29. The average molecular weight is 138 g/mol. The molecule has 2 rings (SSSR count). The molecule has 0 atom stereocenters. The summed E-state index contributed by atoms with van der Waals surface area (Å²) < 4.78 is 1.83. The summed E-state index contributed by atoms with van der Waals surface area (Å²) in [5.41, 5.74) is 1.23. The van der Waals surface area contributed by atoms with E-state index in [0.717, 1.165) is 18.8 Å². The fourth-order valence-electron chi connectivity index (χ4n) is 1.26. The first kappa shape index (κ1) is 5.70. The van der Waals surface area contributed by atoms with Gasteiger partial charge in [0.05, 0.1) is 5.69 Å². The van der Waals surface area contributed by atoms with Crippen LogP contribution in [0.5, 0.6) is 0 Å². The Morgan fingerprint density at radius 3 is 3.30 bits per heavy atom. The Labute approximate surface area is 59.2 Å². The summed E-state index contributed by atoms with van der Waals surface area (Å²) in [5.74, 6) is 0.966. The molecule has 4 nitrogen and oxygen atoms in total. The number of rotatable bonds is 0. The van der Waals surface area contributed by atoms with E-state index in [0.29, 0.717) is 0 Å². The minimum Gasteiger partial charge on any atom is -0.367 e. The van der Waals surface area contributed by atoms with E-state index in [-0.39, 0.29) is 0 Å². The van der Waals surface area contributed by atoms with E-state index < -0.39 is 0 Å². The fourth-order valence-corrected chi connectivity index (χ4v) is 1.26. The third kappa shape index (κ3) is 0.683. The van der Waals surface area contributed by atoms with Crippen LogP contribution in [-0.4, -0.2) is 21.5 Å². The number of hydrogen-bond acceptors (Lipinski definition) is 3. The monoisotopic (exact) mass is 138 g/mol. The molecule has 1 aromatic rings. The lowest BCUT2D eigenvalue weighted by Crippen LogP contribution is -2.13. The molecule has 1 aliphatic rings. The van der Waals surface area contributed by atoms with Crippen molar-refractivity contribution in [2.45, 2.75) is 12.8 Å². The molecule has 54 valence electrons. The van der Waals surface area contributed by atoms with Gasteiger partial charge in [0.15, 0.2) is 5.82 Å². The van der Waals surface area contributed by atoms with Gasteiger partial charge in [0, 0.05) is 13.6 Å². The quantitative estimate of drug-likeness (QED) is 0.556. The predicted molar refractivity (Wildman–Crippen MR) is 37.8 cm³/mol. The van der Waals surface area contributed by atoms with Crippen molar-refractivity contribution >= 4 is 5.82 Å². The Morgan fingerprint density at radius 2 is 2.50 bits per heavy atom. The molecule has 1 N–H and O–H groups in total. The molecule has 1 aromatic heterocycles. The molecule has 1 aliphatic heterocycles. The first-order valence-corrected chi connectivity index (χ1v) is 3.50. The smallest absolute Gasteiger partial charge is 0.171 e. The molecule has 4 heteroatoms. The molecule has 0 radical (unpaired) electrons. The van der Waals surface area contributed by atoms with E-state index in [9.17, 15) is 0 Å². The van der Waals surface area contributed by atoms with Crippen LogP contribution in [0.25, 0.3) is 0 Å². The molecule has 0 fully saturated rings. The Bertz CT molecular complexity index is 240. The van der Waals surface area contributed by atoms with Crippen LogP contribution >= 0.6 is 0 Å². The van der Waals surface area contributed by atoms with Crippen molar-refractivity contribution in [3.63, 3.8) is 0 Å². The van der Waals surface area contributed by atoms with Crippen molar-refractivity contribution in [2.75, 3.05) is 11.9 Å².